The van der Waals surface area contributed by atoms with Gasteiger partial charge in [0.15, 0.2) is 0 Å². The van der Waals surface area contributed by atoms with Gasteiger partial charge in [0.05, 0.1) is 17.2 Å². The fourth-order valence-corrected chi connectivity index (χ4v) is 3.49. The summed E-state index contributed by atoms with van der Waals surface area (Å²) in [6.07, 6.45) is 1.38. The number of hydrogen-bond acceptors (Lipinski definition) is 7. The molecule has 0 unspecified atom stereocenters. The maximum Gasteiger partial charge on any atom is 0.335 e. The Hall–Kier alpha value is -4.99. The predicted octanol–water partition coefficient (Wildman–Crippen LogP) is 4.24. The Kier molecular flexibility index (Phi) is 7.05. The first-order valence-corrected chi connectivity index (χ1v) is 11.0. The number of benzene rings is 3. The Labute approximate surface area is 205 Å². The number of carbonyl (C=O) groups is 3. The molecule has 1 N–H and O–H groups in total. The van der Waals surface area contributed by atoms with Crippen molar-refractivity contribution in [1.29, 1.82) is 0 Å². The zero-order valence-electron chi connectivity index (χ0n) is 19.2. The Bertz CT molecular complexity index is 1350. The van der Waals surface area contributed by atoms with Gasteiger partial charge in [-0.15, -0.1) is 0 Å². The number of nitro groups is 1. The highest BCUT2D eigenvalue weighted by atomic mass is 16.6. The molecule has 1 fully saturated rings. The molecule has 0 aliphatic carbocycles. The van der Waals surface area contributed by atoms with E-state index in [2.05, 4.69) is 5.32 Å². The molecule has 1 aliphatic rings. The Morgan fingerprint density at radius 2 is 1.67 bits per heavy atom. The van der Waals surface area contributed by atoms with Crippen LogP contribution >= 0.6 is 0 Å². The Balaban J connectivity index is 1.52. The Morgan fingerprint density at radius 3 is 2.33 bits per heavy atom. The second kappa shape index (κ2) is 10.5. The first-order chi connectivity index (χ1) is 17.4. The minimum Gasteiger partial charge on any atom is -0.494 e. The summed E-state index contributed by atoms with van der Waals surface area (Å²) in [5, 5.41) is 13.0. The zero-order valence-corrected chi connectivity index (χ0v) is 19.2. The van der Waals surface area contributed by atoms with Crippen LogP contribution in [-0.4, -0.2) is 29.4 Å². The molecular formula is C26H21N3O7. The number of amides is 4. The van der Waals surface area contributed by atoms with Crippen LogP contribution in [0.5, 0.6) is 11.5 Å². The summed E-state index contributed by atoms with van der Waals surface area (Å²) in [6.45, 7) is 2.48. The number of nitrogens with one attached hydrogen (secondary N) is 1. The lowest BCUT2D eigenvalue weighted by molar-refractivity contribution is -0.384. The molecule has 4 amide bonds. The van der Waals surface area contributed by atoms with E-state index in [-0.39, 0.29) is 17.9 Å². The van der Waals surface area contributed by atoms with Crippen LogP contribution in [0.3, 0.4) is 0 Å². The van der Waals surface area contributed by atoms with E-state index in [1.54, 1.807) is 60.7 Å². The maximum absolute atomic E-state index is 13.1. The number of hydrogen-bond donors (Lipinski definition) is 1. The normalized spacial score (nSPS) is 14.5. The van der Waals surface area contributed by atoms with Crippen molar-refractivity contribution in [2.24, 2.45) is 0 Å². The molecule has 0 aromatic heterocycles. The number of nitrogens with zero attached hydrogens (tertiary/aromatic N) is 2. The summed E-state index contributed by atoms with van der Waals surface area (Å²) in [5.41, 5.74) is 1.31. The van der Waals surface area contributed by atoms with Gasteiger partial charge in [-0.2, -0.15) is 0 Å². The fourth-order valence-electron chi connectivity index (χ4n) is 3.49. The van der Waals surface area contributed by atoms with Crippen LogP contribution in [0, 0.1) is 10.1 Å². The molecule has 1 heterocycles. The quantitative estimate of drug-likeness (QED) is 0.218. The van der Waals surface area contributed by atoms with Crippen LogP contribution in [-0.2, 0) is 16.2 Å². The summed E-state index contributed by atoms with van der Waals surface area (Å²) in [6, 6.07) is 18.2. The molecule has 0 atom stereocenters. The highest BCUT2D eigenvalue weighted by Gasteiger charge is 2.36. The molecule has 0 saturated carbocycles. The van der Waals surface area contributed by atoms with Crippen molar-refractivity contribution in [1.82, 2.24) is 5.32 Å². The van der Waals surface area contributed by atoms with E-state index in [4.69, 9.17) is 9.47 Å². The number of imide groups is 2. The van der Waals surface area contributed by atoms with Crippen LogP contribution in [0.2, 0.25) is 0 Å². The highest BCUT2D eigenvalue weighted by Crippen LogP contribution is 2.25. The number of barbiturate groups is 1. The van der Waals surface area contributed by atoms with Crippen molar-refractivity contribution >= 4 is 35.3 Å². The van der Waals surface area contributed by atoms with Gasteiger partial charge in [0.2, 0.25) is 0 Å². The average Bonchev–Trinajstić information content (AvgIpc) is 2.87. The number of non-ortho nitro benzene ring substituents is 1. The summed E-state index contributed by atoms with van der Waals surface area (Å²) in [5.74, 6) is -0.510. The van der Waals surface area contributed by atoms with Crippen LogP contribution in [0.4, 0.5) is 16.2 Å². The molecule has 0 bridgehead atoms. The van der Waals surface area contributed by atoms with Gasteiger partial charge in [-0.05, 0) is 72.7 Å². The van der Waals surface area contributed by atoms with Gasteiger partial charge in [-0.1, -0.05) is 12.1 Å². The minimum atomic E-state index is -0.841. The summed E-state index contributed by atoms with van der Waals surface area (Å²) in [4.78, 5) is 49.2. The van der Waals surface area contributed by atoms with Gasteiger partial charge in [0, 0.05) is 12.1 Å². The number of anilines is 1. The zero-order chi connectivity index (χ0) is 25.7. The summed E-state index contributed by atoms with van der Waals surface area (Å²) < 4.78 is 11.1. The number of carbonyl (C=O) groups excluding carboxylic acids is 3. The molecular weight excluding hydrogens is 466 g/mol. The van der Waals surface area contributed by atoms with E-state index in [1.807, 2.05) is 6.92 Å². The average molecular weight is 487 g/mol. The molecule has 182 valence electrons. The molecule has 1 aliphatic heterocycles. The third kappa shape index (κ3) is 5.39. The van der Waals surface area contributed by atoms with E-state index >= 15 is 0 Å². The van der Waals surface area contributed by atoms with E-state index in [0.717, 1.165) is 10.5 Å². The van der Waals surface area contributed by atoms with Crippen molar-refractivity contribution in [3.8, 4) is 11.5 Å². The number of urea groups is 1. The van der Waals surface area contributed by atoms with Gasteiger partial charge in [-0.3, -0.25) is 25.0 Å². The first kappa shape index (κ1) is 24.1. The number of rotatable bonds is 8. The lowest BCUT2D eigenvalue weighted by Gasteiger charge is -2.26. The lowest BCUT2D eigenvalue weighted by Crippen LogP contribution is -2.54. The molecule has 36 heavy (non-hydrogen) atoms. The molecule has 0 radical (unpaired) electrons. The summed E-state index contributed by atoms with van der Waals surface area (Å²) >= 11 is 0. The molecule has 3 aromatic carbocycles. The van der Waals surface area contributed by atoms with Crippen LogP contribution in [0.15, 0.2) is 78.4 Å². The van der Waals surface area contributed by atoms with Crippen molar-refractivity contribution < 1.29 is 28.8 Å². The molecule has 3 aromatic rings. The molecule has 10 nitrogen and oxygen atoms in total. The Morgan fingerprint density at radius 1 is 0.944 bits per heavy atom. The summed E-state index contributed by atoms with van der Waals surface area (Å²) in [7, 11) is 0. The number of ether oxygens (including phenoxy) is 2. The molecule has 1 saturated heterocycles. The third-order valence-electron chi connectivity index (χ3n) is 5.23. The van der Waals surface area contributed by atoms with E-state index < -0.39 is 22.8 Å². The minimum absolute atomic E-state index is 0.0134. The van der Waals surface area contributed by atoms with Crippen LogP contribution < -0.4 is 19.7 Å². The standard InChI is InChI=1S/C26H21N3O7/c1-2-35-21-12-10-19(11-13-21)28-25(31)23(24(30)27-26(28)32)15-18-4-3-5-22(14-18)36-16-17-6-8-20(9-7-17)29(33)34/h3-15H,2,16H2,1H3,(H,27,30,32)/b23-15-. The highest BCUT2D eigenvalue weighted by molar-refractivity contribution is 6.39. The van der Waals surface area contributed by atoms with Gasteiger partial charge in [0.1, 0.15) is 23.7 Å². The second-order valence-electron chi connectivity index (χ2n) is 7.67. The molecule has 4 rings (SSSR count). The number of nitro benzene ring substituents is 1. The molecule has 10 heteroatoms. The van der Waals surface area contributed by atoms with Crippen molar-refractivity contribution in [2.75, 3.05) is 11.5 Å². The van der Waals surface area contributed by atoms with Gasteiger partial charge in [-0.25, -0.2) is 9.69 Å². The van der Waals surface area contributed by atoms with Gasteiger partial charge in [0.25, 0.3) is 17.5 Å². The SMILES string of the molecule is CCOc1ccc(N2C(=O)NC(=O)/C(=C/c3cccc(OCc4ccc([N+](=O)[O-])cc4)c3)C2=O)cc1. The van der Waals surface area contributed by atoms with Crippen LogP contribution in [0.25, 0.3) is 6.08 Å². The second-order valence-corrected chi connectivity index (χ2v) is 7.67. The predicted molar refractivity (Wildman–Crippen MR) is 130 cm³/mol. The van der Waals surface area contributed by atoms with Crippen molar-refractivity contribution in [3.05, 3.63) is 99.6 Å². The van der Waals surface area contributed by atoms with E-state index in [1.165, 1.54) is 18.2 Å². The van der Waals surface area contributed by atoms with Gasteiger partial charge < -0.3 is 9.47 Å². The largest absolute Gasteiger partial charge is 0.494 e. The third-order valence-corrected chi connectivity index (χ3v) is 5.23. The maximum atomic E-state index is 13.1. The van der Waals surface area contributed by atoms with E-state index in [9.17, 15) is 24.5 Å². The van der Waals surface area contributed by atoms with Crippen molar-refractivity contribution in [3.63, 3.8) is 0 Å². The van der Waals surface area contributed by atoms with E-state index in [0.29, 0.717) is 29.4 Å². The van der Waals surface area contributed by atoms with Crippen molar-refractivity contribution in [2.45, 2.75) is 13.5 Å². The topological polar surface area (TPSA) is 128 Å². The van der Waals surface area contributed by atoms with Crippen LogP contribution in [0.1, 0.15) is 18.1 Å². The fraction of sp³-hybridized carbons (Fsp3) is 0.115. The monoisotopic (exact) mass is 487 g/mol. The smallest absolute Gasteiger partial charge is 0.335 e. The van der Waals surface area contributed by atoms with Gasteiger partial charge >= 0.3 is 6.03 Å². The first-order valence-electron chi connectivity index (χ1n) is 11.0. The lowest BCUT2D eigenvalue weighted by atomic mass is 10.1. The molecule has 0 spiro atoms.